The first-order valence-electron chi connectivity index (χ1n) is 6.08. The Bertz CT molecular complexity index is 604. The zero-order valence-corrected chi connectivity index (χ0v) is 10.8. The number of nitrogens with zero attached hydrogens (tertiary/aromatic N) is 2. The van der Waals surface area contributed by atoms with Crippen molar-refractivity contribution in [3.8, 4) is 0 Å². The molecule has 2 rings (SSSR count). The summed E-state index contributed by atoms with van der Waals surface area (Å²) in [7, 11) is 0. The first-order valence-corrected chi connectivity index (χ1v) is 6.08. The Labute approximate surface area is 114 Å². The lowest BCUT2D eigenvalue weighted by molar-refractivity contribution is 0.449. The molecular weight excluding hydrogens is 269 g/mol. The molecule has 0 radical (unpaired) electrons. The molecule has 0 bridgehead atoms. The Morgan fingerprint density at radius 2 is 1.80 bits per heavy atom. The van der Waals surface area contributed by atoms with Gasteiger partial charge in [0.15, 0.2) is 23.3 Å². The standard InChI is InChI=1S/C13H13F3N4/c1-2-5-18-10-6-17-7-11(20-10)19-9-4-3-8(14)12(15)13(9)16/h3-4,6-7H,2,5H2,1H3,(H2,18,19,20). The molecule has 1 heterocycles. The van der Waals surface area contributed by atoms with Gasteiger partial charge in [-0.3, -0.25) is 4.98 Å². The molecule has 4 nitrogen and oxygen atoms in total. The van der Waals surface area contributed by atoms with Crippen LogP contribution < -0.4 is 10.6 Å². The lowest BCUT2D eigenvalue weighted by Gasteiger charge is -2.09. The Hall–Kier alpha value is -2.31. The van der Waals surface area contributed by atoms with Crippen molar-refractivity contribution in [2.24, 2.45) is 0 Å². The minimum Gasteiger partial charge on any atom is -0.369 e. The van der Waals surface area contributed by atoms with Gasteiger partial charge in [0.05, 0.1) is 18.1 Å². The van der Waals surface area contributed by atoms with Gasteiger partial charge in [0, 0.05) is 6.54 Å². The van der Waals surface area contributed by atoms with Gasteiger partial charge in [-0.25, -0.2) is 18.2 Å². The maximum absolute atomic E-state index is 13.5. The fourth-order valence-electron chi connectivity index (χ4n) is 1.52. The van der Waals surface area contributed by atoms with E-state index in [-0.39, 0.29) is 11.5 Å². The van der Waals surface area contributed by atoms with Crippen LogP contribution >= 0.6 is 0 Å². The highest BCUT2D eigenvalue weighted by molar-refractivity contribution is 5.57. The molecule has 0 atom stereocenters. The van der Waals surface area contributed by atoms with E-state index in [9.17, 15) is 13.2 Å². The molecule has 2 N–H and O–H groups in total. The summed E-state index contributed by atoms with van der Waals surface area (Å²) in [6.07, 6.45) is 3.79. The minimum atomic E-state index is -1.52. The smallest absolute Gasteiger partial charge is 0.196 e. The summed E-state index contributed by atoms with van der Waals surface area (Å²) in [4.78, 5) is 8.06. The Balaban J connectivity index is 2.20. The van der Waals surface area contributed by atoms with Gasteiger partial charge in [-0.05, 0) is 18.6 Å². The molecular formula is C13H13F3N4. The van der Waals surface area contributed by atoms with Crippen molar-refractivity contribution in [3.05, 3.63) is 42.0 Å². The van der Waals surface area contributed by atoms with Gasteiger partial charge in [0.25, 0.3) is 0 Å². The highest BCUT2D eigenvalue weighted by Crippen LogP contribution is 2.22. The van der Waals surface area contributed by atoms with Gasteiger partial charge in [0.2, 0.25) is 0 Å². The van der Waals surface area contributed by atoms with E-state index in [4.69, 9.17) is 0 Å². The summed E-state index contributed by atoms with van der Waals surface area (Å²) in [5.74, 6) is -3.31. The van der Waals surface area contributed by atoms with Gasteiger partial charge < -0.3 is 10.6 Å². The molecule has 0 saturated heterocycles. The minimum absolute atomic E-state index is 0.203. The van der Waals surface area contributed by atoms with Crippen LogP contribution in [0.25, 0.3) is 0 Å². The molecule has 0 aliphatic carbocycles. The van der Waals surface area contributed by atoms with Crippen LogP contribution in [0.1, 0.15) is 13.3 Å². The molecule has 2 aromatic rings. The summed E-state index contributed by atoms with van der Waals surface area (Å²) < 4.78 is 39.4. The number of rotatable bonds is 5. The first kappa shape index (κ1) is 14.1. The molecule has 0 fully saturated rings. The maximum Gasteiger partial charge on any atom is 0.196 e. The zero-order chi connectivity index (χ0) is 14.5. The second kappa shape index (κ2) is 6.23. The van der Waals surface area contributed by atoms with Crippen molar-refractivity contribution >= 4 is 17.3 Å². The van der Waals surface area contributed by atoms with Gasteiger partial charge in [-0.2, -0.15) is 0 Å². The molecule has 0 spiro atoms. The Kier molecular flexibility index (Phi) is 4.39. The van der Waals surface area contributed by atoms with Crippen LogP contribution in [0.15, 0.2) is 24.5 Å². The average molecular weight is 282 g/mol. The van der Waals surface area contributed by atoms with E-state index in [1.54, 1.807) is 0 Å². The van der Waals surface area contributed by atoms with E-state index in [1.165, 1.54) is 12.4 Å². The van der Waals surface area contributed by atoms with Crippen molar-refractivity contribution in [3.63, 3.8) is 0 Å². The number of aromatic nitrogens is 2. The van der Waals surface area contributed by atoms with Gasteiger partial charge in [-0.1, -0.05) is 6.92 Å². The summed E-state index contributed by atoms with van der Waals surface area (Å²) in [5.41, 5.74) is -0.203. The molecule has 0 aliphatic rings. The number of halogens is 3. The molecule has 20 heavy (non-hydrogen) atoms. The third kappa shape index (κ3) is 3.17. The fraction of sp³-hybridized carbons (Fsp3) is 0.231. The van der Waals surface area contributed by atoms with Gasteiger partial charge in [-0.15, -0.1) is 0 Å². The largest absolute Gasteiger partial charge is 0.369 e. The summed E-state index contributed by atoms with van der Waals surface area (Å²) >= 11 is 0. The Morgan fingerprint density at radius 1 is 1.05 bits per heavy atom. The van der Waals surface area contributed by atoms with Gasteiger partial charge >= 0.3 is 0 Å². The SMILES string of the molecule is CCCNc1cncc(Nc2ccc(F)c(F)c2F)n1. The summed E-state index contributed by atoms with van der Waals surface area (Å²) in [6.45, 7) is 2.72. The van der Waals surface area contributed by atoms with Crippen LogP contribution in [0.3, 0.4) is 0 Å². The predicted octanol–water partition coefficient (Wildman–Crippen LogP) is 3.46. The van der Waals surface area contributed by atoms with Crippen LogP contribution in [0.5, 0.6) is 0 Å². The molecule has 106 valence electrons. The van der Waals surface area contributed by atoms with Crippen LogP contribution in [-0.2, 0) is 0 Å². The zero-order valence-electron chi connectivity index (χ0n) is 10.8. The fourth-order valence-corrected chi connectivity index (χ4v) is 1.52. The van der Waals surface area contributed by atoms with Crippen LogP contribution in [0, 0.1) is 17.5 Å². The van der Waals surface area contributed by atoms with E-state index in [0.29, 0.717) is 5.82 Å². The van der Waals surface area contributed by atoms with E-state index >= 15 is 0 Å². The predicted molar refractivity (Wildman–Crippen MR) is 70.4 cm³/mol. The second-order valence-corrected chi connectivity index (χ2v) is 4.06. The Morgan fingerprint density at radius 3 is 2.55 bits per heavy atom. The summed E-state index contributed by atoms with van der Waals surface area (Å²) in [5, 5.41) is 5.58. The lowest BCUT2D eigenvalue weighted by Crippen LogP contribution is -2.05. The third-order valence-electron chi connectivity index (χ3n) is 2.49. The van der Waals surface area contributed by atoms with E-state index in [1.807, 2.05) is 6.92 Å². The van der Waals surface area contributed by atoms with Crippen molar-refractivity contribution in [1.82, 2.24) is 9.97 Å². The molecule has 0 amide bonds. The van der Waals surface area contributed by atoms with Crippen LogP contribution in [0.4, 0.5) is 30.5 Å². The highest BCUT2D eigenvalue weighted by atomic mass is 19.2. The number of hydrogen-bond acceptors (Lipinski definition) is 4. The van der Waals surface area contributed by atoms with Crippen molar-refractivity contribution in [2.75, 3.05) is 17.2 Å². The second-order valence-electron chi connectivity index (χ2n) is 4.06. The molecule has 1 aromatic heterocycles. The molecule has 0 unspecified atom stereocenters. The van der Waals surface area contributed by atoms with Crippen LogP contribution in [-0.4, -0.2) is 16.5 Å². The van der Waals surface area contributed by atoms with E-state index in [0.717, 1.165) is 25.1 Å². The monoisotopic (exact) mass is 282 g/mol. The molecule has 0 saturated carbocycles. The maximum atomic E-state index is 13.5. The first-order chi connectivity index (χ1) is 9.61. The van der Waals surface area contributed by atoms with E-state index < -0.39 is 17.5 Å². The van der Waals surface area contributed by atoms with Crippen LogP contribution in [0.2, 0.25) is 0 Å². The number of hydrogen-bond donors (Lipinski definition) is 2. The molecule has 7 heteroatoms. The number of nitrogens with one attached hydrogen (secondary N) is 2. The van der Waals surface area contributed by atoms with Crippen molar-refractivity contribution in [2.45, 2.75) is 13.3 Å². The topological polar surface area (TPSA) is 49.8 Å². The normalized spacial score (nSPS) is 10.4. The lowest BCUT2D eigenvalue weighted by atomic mass is 10.3. The number of anilines is 3. The highest BCUT2D eigenvalue weighted by Gasteiger charge is 2.13. The third-order valence-corrected chi connectivity index (χ3v) is 2.49. The molecule has 1 aromatic carbocycles. The number of benzene rings is 1. The van der Waals surface area contributed by atoms with Crippen molar-refractivity contribution < 1.29 is 13.2 Å². The van der Waals surface area contributed by atoms with Gasteiger partial charge in [0.1, 0.15) is 5.82 Å². The van der Waals surface area contributed by atoms with Crippen molar-refractivity contribution in [1.29, 1.82) is 0 Å². The van der Waals surface area contributed by atoms with E-state index in [2.05, 4.69) is 20.6 Å². The molecule has 0 aliphatic heterocycles. The summed E-state index contributed by atoms with van der Waals surface area (Å²) in [6, 6.07) is 1.94. The quantitative estimate of drug-likeness (QED) is 0.825. The average Bonchev–Trinajstić information content (AvgIpc) is 2.46.